The number of aromatic amines is 1. The zero-order valence-corrected chi connectivity index (χ0v) is 12.0. The number of fused-ring (bicyclic) bond motifs is 1. The molecule has 0 aliphatic carbocycles. The maximum absolute atomic E-state index is 12.2. The van der Waals surface area contributed by atoms with E-state index in [4.69, 9.17) is 0 Å². The molecule has 7 heteroatoms. The molecule has 1 aromatic heterocycles. The van der Waals surface area contributed by atoms with Gasteiger partial charge in [0, 0.05) is 10.5 Å². The molecule has 3 aromatic rings. The molecule has 0 aliphatic heterocycles. The smallest absolute Gasteiger partial charge is 0.288 e. The molecule has 1 heterocycles. The predicted molar refractivity (Wildman–Crippen MR) is 82.3 cm³/mol. The van der Waals surface area contributed by atoms with Crippen molar-refractivity contribution in [3.63, 3.8) is 0 Å². The highest BCUT2D eigenvalue weighted by molar-refractivity contribution is 7.99. The highest BCUT2D eigenvalue weighted by atomic mass is 32.2. The molecule has 0 spiro atoms. The number of carbonyl (C=O) groups excluding carboxylic acids is 1. The van der Waals surface area contributed by atoms with E-state index >= 15 is 0 Å². The van der Waals surface area contributed by atoms with Gasteiger partial charge >= 0.3 is 0 Å². The number of hydrogen-bond donors (Lipinski definition) is 2. The summed E-state index contributed by atoms with van der Waals surface area (Å²) in [5.41, 5.74) is 1.95. The largest absolute Gasteiger partial charge is 0.324 e. The summed E-state index contributed by atoms with van der Waals surface area (Å²) in [5.74, 6) is -2.49. The quantitative estimate of drug-likeness (QED) is 0.711. The van der Waals surface area contributed by atoms with Gasteiger partial charge in [-0.25, -0.2) is 4.98 Å². The monoisotopic (exact) mass is 319 g/mol. The Hall–Kier alpha value is -2.41. The number of carbonyl (C=O) groups is 1. The van der Waals surface area contributed by atoms with Crippen LogP contribution in [-0.2, 0) is 0 Å². The molecular formula is C15H11F2N3OS. The molecule has 3 rings (SSSR count). The fourth-order valence-corrected chi connectivity index (χ4v) is 2.48. The van der Waals surface area contributed by atoms with E-state index in [1.54, 1.807) is 0 Å². The fraction of sp³-hybridized carbons (Fsp3) is 0.0667. The summed E-state index contributed by atoms with van der Waals surface area (Å²) in [7, 11) is 0. The maximum atomic E-state index is 12.2. The number of anilines is 1. The van der Waals surface area contributed by atoms with Gasteiger partial charge < -0.3 is 4.98 Å². The van der Waals surface area contributed by atoms with Crippen LogP contribution in [0.1, 0.15) is 10.4 Å². The Kier molecular flexibility index (Phi) is 4.06. The van der Waals surface area contributed by atoms with Crippen LogP contribution >= 0.6 is 11.8 Å². The van der Waals surface area contributed by atoms with Crippen LogP contribution in [0.4, 0.5) is 14.7 Å². The zero-order valence-electron chi connectivity index (χ0n) is 11.2. The Morgan fingerprint density at radius 3 is 2.55 bits per heavy atom. The van der Waals surface area contributed by atoms with Gasteiger partial charge in [0.1, 0.15) is 0 Å². The number of imidazole rings is 1. The summed E-state index contributed by atoms with van der Waals surface area (Å²) in [4.78, 5) is 19.7. The first-order chi connectivity index (χ1) is 10.6. The van der Waals surface area contributed by atoms with Gasteiger partial charge in [0.05, 0.1) is 11.0 Å². The van der Waals surface area contributed by atoms with Crippen LogP contribution in [-0.4, -0.2) is 21.6 Å². The van der Waals surface area contributed by atoms with Crippen molar-refractivity contribution < 1.29 is 13.6 Å². The van der Waals surface area contributed by atoms with Crippen LogP contribution in [0.25, 0.3) is 11.0 Å². The lowest BCUT2D eigenvalue weighted by atomic mass is 10.2. The van der Waals surface area contributed by atoms with Gasteiger partial charge in [0.2, 0.25) is 5.95 Å². The Morgan fingerprint density at radius 2 is 1.86 bits per heavy atom. The molecule has 22 heavy (non-hydrogen) atoms. The molecule has 4 nitrogen and oxygen atoms in total. The predicted octanol–water partition coefficient (Wildman–Crippen LogP) is 4.13. The lowest BCUT2D eigenvalue weighted by Crippen LogP contribution is -2.12. The highest BCUT2D eigenvalue weighted by Gasteiger charge is 2.10. The zero-order chi connectivity index (χ0) is 15.5. The number of alkyl halides is 2. The minimum atomic E-state index is -2.48. The normalized spacial score (nSPS) is 11.0. The van der Waals surface area contributed by atoms with E-state index in [9.17, 15) is 13.6 Å². The highest BCUT2D eigenvalue weighted by Crippen LogP contribution is 2.25. The number of aromatic nitrogens is 2. The van der Waals surface area contributed by atoms with Gasteiger partial charge in [-0.15, -0.1) is 0 Å². The molecule has 1 amide bonds. The summed E-state index contributed by atoms with van der Waals surface area (Å²) in [6, 6.07) is 13.4. The number of nitrogens with zero attached hydrogens (tertiary/aromatic N) is 1. The van der Waals surface area contributed by atoms with E-state index in [0.29, 0.717) is 28.2 Å². The fourth-order valence-electron chi connectivity index (χ4n) is 1.98. The third kappa shape index (κ3) is 3.25. The second kappa shape index (κ2) is 6.15. The number of nitrogens with one attached hydrogen (secondary N) is 2. The molecule has 0 saturated carbocycles. The molecular weight excluding hydrogens is 308 g/mol. The second-order valence-corrected chi connectivity index (χ2v) is 5.52. The molecule has 0 aliphatic rings. The molecule has 0 unspecified atom stereocenters. The average Bonchev–Trinajstić information content (AvgIpc) is 2.89. The van der Waals surface area contributed by atoms with Crippen molar-refractivity contribution in [1.29, 1.82) is 0 Å². The first kappa shape index (κ1) is 14.5. The topological polar surface area (TPSA) is 57.8 Å². The van der Waals surface area contributed by atoms with Crippen molar-refractivity contribution in [3.05, 3.63) is 54.1 Å². The van der Waals surface area contributed by atoms with E-state index in [2.05, 4.69) is 15.3 Å². The van der Waals surface area contributed by atoms with Gasteiger partial charge in [-0.05, 0) is 36.4 Å². The number of amides is 1. The molecule has 0 bridgehead atoms. The van der Waals surface area contributed by atoms with E-state index in [1.165, 1.54) is 24.3 Å². The summed E-state index contributed by atoms with van der Waals surface area (Å²) in [5, 5.41) is 2.65. The first-order valence-corrected chi connectivity index (χ1v) is 7.31. The molecule has 2 aromatic carbocycles. The third-order valence-electron chi connectivity index (χ3n) is 2.96. The lowest BCUT2D eigenvalue weighted by molar-refractivity contribution is 0.102. The van der Waals surface area contributed by atoms with Crippen LogP contribution in [0.2, 0.25) is 0 Å². The summed E-state index contributed by atoms with van der Waals surface area (Å²) < 4.78 is 24.5. The van der Waals surface area contributed by atoms with Crippen molar-refractivity contribution >= 4 is 34.7 Å². The van der Waals surface area contributed by atoms with Gasteiger partial charge in [0.15, 0.2) is 0 Å². The van der Waals surface area contributed by atoms with Crippen molar-refractivity contribution in [1.82, 2.24) is 9.97 Å². The number of benzene rings is 2. The first-order valence-electron chi connectivity index (χ1n) is 6.43. The Balaban J connectivity index is 1.73. The Bertz CT molecular complexity index is 769. The third-order valence-corrected chi connectivity index (χ3v) is 3.69. The molecule has 2 N–H and O–H groups in total. The Morgan fingerprint density at radius 1 is 1.14 bits per heavy atom. The van der Waals surface area contributed by atoms with Crippen molar-refractivity contribution in [2.45, 2.75) is 10.7 Å². The molecule has 0 radical (unpaired) electrons. The van der Waals surface area contributed by atoms with Gasteiger partial charge in [-0.2, -0.15) is 8.78 Å². The maximum Gasteiger partial charge on any atom is 0.288 e. The van der Waals surface area contributed by atoms with Crippen molar-refractivity contribution in [3.8, 4) is 0 Å². The number of halogens is 2. The summed E-state index contributed by atoms with van der Waals surface area (Å²) in [6.07, 6.45) is 0. The number of H-pyrrole nitrogens is 1. The molecule has 112 valence electrons. The summed E-state index contributed by atoms with van der Waals surface area (Å²) in [6.45, 7) is 0. The SMILES string of the molecule is O=C(Nc1nc2ccccc2[nH]1)c1ccc(SC(F)F)cc1. The van der Waals surface area contributed by atoms with Crippen molar-refractivity contribution in [2.24, 2.45) is 0 Å². The lowest BCUT2D eigenvalue weighted by Gasteiger charge is -2.03. The van der Waals surface area contributed by atoms with E-state index in [0.717, 1.165) is 11.0 Å². The standard InChI is InChI=1S/C15H11F2N3OS/c16-14(17)22-10-7-5-9(6-8-10)13(21)20-15-18-11-3-1-2-4-12(11)19-15/h1-8,14H,(H2,18,19,20,21). The van der Waals surface area contributed by atoms with Crippen LogP contribution in [0, 0.1) is 0 Å². The van der Waals surface area contributed by atoms with Crippen LogP contribution in [0.3, 0.4) is 0 Å². The molecule has 0 fully saturated rings. The van der Waals surface area contributed by atoms with E-state index in [1.807, 2.05) is 24.3 Å². The Labute approximate surface area is 128 Å². The number of hydrogen-bond acceptors (Lipinski definition) is 3. The minimum absolute atomic E-state index is 0.345. The second-order valence-electron chi connectivity index (χ2n) is 4.46. The van der Waals surface area contributed by atoms with Crippen LogP contribution in [0.15, 0.2) is 53.4 Å². The van der Waals surface area contributed by atoms with Crippen LogP contribution < -0.4 is 5.32 Å². The summed E-state index contributed by atoms with van der Waals surface area (Å²) >= 11 is 0.442. The van der Waals surface area contributed by atoms with E-state index in [-0.39, 0.29) is 5.91 Å². The number of para-hydroxylation sites is 2. The van der Waals surface area contributed by atoms with Crippen molar-refractivity contribution in [2.75, 3.05) is 5.32 Å². The molecule has 0 saturated heterocycles. The van der Waals surface area contributed by atoms with E-state index < -0.39 is 5.76 Å². The number of thioether (sulfide) groups is 1. The molecule has 0 atom stereocenters. The van der Waals surface area contributed by atoms with Gasteiger partial charge in [-0.1, -0.05) is 23.9 Å². The van der Waals surface area contributed by atoms with Gasteiger partial charge in [0.25, 0.3) is 11.7 Å². The average molecular weight is 319 g/mol. The van der Waals surface area contributed by atoms with Gasteiger partial charge in [-0.3, -0.25) is 10.1 Å². The number of rotatable bonds is 4. The van der Waals surface area contributed by atoms with Crippen LogP contribution in [0.5, 0.6) is 0 Å². The minimum Gasteiger partial charge on any atom is -0.324 e.